The van der Waals surface area contributed by atoms with Crippen molar-refractivity contribution in [2.45, 2.75) is 0 Å². The number of amides is 1. The molecule has 1 aromatic rings. The Bertz CT molecular complexity index is 554. The van der Waals surface area contributed by atoms with Crippen LogP contribution in [0.15, 0.2) is 12.4 Å². The molecule has 1 rings (SSSR count). The Kier molecular flexibility index (Phi) is 3.73. The van der Waals surface area contributed by atoms with E-state index in [0.29, 0.717) is 0 Å². The fraction of sp³-hybridized carbons (Fsp3) is 0.250. The minimum absolute atomic E-state index is 0.284. The summed E-state index contributed by atoms with van der Waals surface area (Å²) in [5.74, 6) is -3.26. The van der Waals surface area contributed by atoms with Crippen LogP contribution in [0.1, 0.15) is 10.5 Å². The summed E-state index contributed by atoms with van der Waals surface area (Å²) < 4.78 is 21.7. The zero-order valence-corrected chi connectivity index (χ0v) is 9.56. The predicted molar refractivity (Wildman–Crippen MR) is 57.3 cm³/mol. The van der Waals surface area contributed by atoms with E-state index in [1.165, 1.54) is 6.20 Å². The van der Waals surface area contributed by atoms with Crippen LogP contribution in [0.4, 0.5) is 5.82 Å². The molecule has 0 aliphatic carbocycles. The summed E-state index contributed by atoms with van der Waals surface area (Å²) in [7, 11) is -3.48. The number of aromatic carboxylic acids is 1. The van der Waals surface area contributed by atoms with E-state index in [0.717, 1.165) is 12.5 Å². The summed E-state index contributed by atoms with van der Waals surface area (Å²) in [5, 5.41) is 10.8. The molecule has 8 nitrogen and oxygen atoms in total. The third-order valence-electron chi connectivity index (χ3n) is 1.55. The van der Waals surface area contributed by atoms with Crippen molar-refractivity contribution in [3.63, 3.8) is 0 Å². The standard InChI is InChI=1S/C8H9N3O5S/c1-17(15,16)4-5(12)11-7-6(8(13)14)9-2-3-10-7/h2-3H,4H2,1H3,(H,13,14)(H,10,11,12). The minimum Gasteiger partial charge on any atom is -0.476 e. The Morgan fingerprint density at radius 1 is 1.35 bits per heavy atom. The molecule has 9 heteroatoms. The number of rotatable bonds is 4. The highest BCUT2D eigenvalue weighted by molar-refractivity contribution is 7.91. The molecule has 0 aliphatic heterocycles. The highest BCUT2D eigenvalue weighted by atomic mass is 32.2. The first-order valence-electron chi connectivity index (χ1n) is 4.31. The van der Waals surface area contributed by atoms with Crippen molar-refractivity contribution in [3.05, 3.63) is 18.1 Å². The number of carbonyl (C=O) groups excluding carboxylic acids is 1. The van der Waals surface area contributed by atoms with Gasteiger partial charge in [-0.3, -0.25) is 4.79 Å². The molecule has 0 aliphatic rings. The lowest BCUT2D eigenvalue weighted by Crippen LogP contribution is -2.24. The van der Waals surface area contributed by atoms with Gasteiger partial charge in [-0.25, -0.2) is 23.2 Å². The zero-order valence-electron chi connectivity index (χ0n) is 8.74. The van der Waals surface area contributed by atoms with Gasteiger partial charge in [0.1, 0.15) is 5.75 Å². The van der Waals surface area contributed by atoms with Crippen molar-refractivity contribution in [1.82, 2.24) is 9.97 Å². The van der Waals surface area contributed by atoms with Crippen molar-refractivity contribution in [2.75, 3.05) is 17.3 Å². The number of carboxylic acid groups (broad SMARTS) is 1. The Labute approximate surface area is 96.6 Å². The fourth-order valence-corrected chi connectivity index (χ4v) is 1.54. The van der Waals surface area contributed by atoms with E-state index in [2.05, 4.69) is 15.3 Å². The van der Waals surface area contributed by atoms with Crippen LogP contribution in [-0.2, 0) is 14.6 Å². The number of nitrogens with zero attached hydrogens (tertiary/aromatic N) is 2. The first-order chi connectivity index (χ1) is 7.79. The first-order valence-corrected chi connectivity index (χ1v) is 6.37. The highest BCUT2D eigenvalue weighted by Crippen LogP contribution is 2.07. The molecule has 2 N–H and O–H groups in total. The molecule has 0 aromatic carbocycles. The normalized spacial score (nSPS) is 10.9. The average molecular weight is 259 g/mol. The van der Waals surface area contributed by atoms with E-state index in [9.17, 15) is 18.0 Å². The van der Waals surface area contributed by atoms with Gasteiger partial charge in [0.15, 0.2) is 21.3 Å². The second kappa shape index (κ2) is 4.87. The number of carbonyl (C=O) groups is 2. The van der Waals surface area contributed by atoms with Gasteiger partial charge in [-0.05, 0) is 0 Å². The van der Waals surface area contributed by atoms with Crippen LogP contribution in [0, 0.1) is 0 Å². The molecule has 0 atom stereocenters. The molecule has 92 valence electrons. The quantitative estimate of drug-likeness (QED) is 0.721. The van der Waals surface area contributed by atoms with Crippen LogP contribution in [-0.4, -0.2) is 47.4 Å². The predicted octanol–water partition coefficient (Wildman–Crippen LogP) is -0.842. The second-order valence-electron chi connectivity index (χ2n) is 3.18. The van der Waals surface area contributed by atoms with Crippen LogP contribution < -0.4 is 5.32 Å². The molecule has 0 radical (unpaired) electrons. The van der Waals surface area contributed by atoms with Gasteiger partial charge in [0, 0.05) is 18.6 Å². The van der Waals surface area contributed by atoms with Crippen molar-refractivity contribution in [3.8, 4) is 0 Å². The lowest BCUT2D eigenvalue weighted by molar-refractivity contribution is -0.113. The van der Waals surface area contributed by atoms with E-state index in [4.69, 9.17) is 5.11 Å². The molecule has 17 heavy (non-hydrogen) atoms. The monoisotopic (exact) mass is 259 g/mol. The summed E-state index contributed by atoms with van der Waals surface area (Å²) >= 11 is 0. The molecular formula is C8H9N3O5S. The molecule has 1 aromatic heterocycles. The van der Waals surface area contributed by atoms with Crippen molar-refractivity contribution >= 4 is 27.5 Å². The van der Waals surface area contributed by atoms with E-state index < -0.39 is 33.2 Å². The Morgan fingerprint density at radius 2 is 1.94 bits per heavy atom. The first kappa shape index (κ1) is 13.0. The highest BCUT2D eigenvalue weighted by Gasteiger charge is 2.17. The van der Waals surface area contributed by atoms with E-state index in [-0.39, 0.29) is 5.82 Å². The largest absolute Gasteiger partial charge is 0.476 e. The fourth-order valence-electron chi connectivity index (χ4n) is 0.992. The molecule has 0 unspecified atom stereocenters. The van der Waals surface area contributed by atoms with Gasteiger partial charge < -0.3 is 10.4 Å². The summed E-state index contributed by atoms with van der Waals surface area (Å²) in [6.07, 6.45) is 3.22. The topological polar surface area (TPSA) is 126 Å². The van der Waals surface area contributed by atoms with Crippen LogP contribution in [0.2, 0.25) is 0 Å². The molecule has 0 fully saturated rings. The molecule has 0 spiro atoms. The lowest BCUT2D eigenvalue weighted by Gasteiger charge is -2.05. The Hall–Kier alpha value is -2.03. The van der Waals surface area contributed by atoms with Gasteiger partial charge in [0.05, 0.1) is 0 Å². The SMILES string of the molecule is CS(=O)(=O)CC(=O)Nc1nccnc1C(=O)O. The average Bonchev–Trinajstić information content (AvgIpc) is 2.14. The van der Waals surface area contributed by atoms with Gasteiger partial charge in [0.2, 0.25) is 5.91 Å². The van der Waals surface area contributed by atoms with Gasteiger partial charge in [-0.1, -0.05) is 0 Å². The maximum absolute atomic E-state index is 11.3. The van der Waals surface area contributed by atoms with Crippen LogP contribution >= 0.6 is 0 Å². The van der Waals surface area contributed by atoms with Gasteiger partial charge in [-0.2, -0.15) is 0 Å². The number of sulfone groups is 1. The smallest absolute Gasteiger partial charge is 0.358 e. The number of nitrogens with one attached hydrogen (secondary N) is 1. The number of carboxylic acids is 1. The van der Waals surface area contributed by atoms with E-state index in [1.807, 2.05) is 0 Å². The third kappa shape index (κ3) is 4.15. The third-order valence-corrected chi connectivity index (χ3v) is 2.34. The maximum atomic E-state index is 11.3. The molecule has 0 saturated carbocycles. The van der Waals surface area contributed by atoms with E-state index >= 15 is 0 Å². The molecule has 0 saturated heterocycles. The van der Waals surface area contributed by atoms with Crippen LogP contribution in [0.25, 0.3) is 0 Å². The lowest BCUT2D eigenvalue weighted by atomic mass is 10.4. The summed E-state index contributed by atoms with van der Waals surface area (Å²) in [6, 6.07) is 0. The van der Waals surface area contributed by atoms with E-state index in [1.54, 1.807) is 0 Å². The number of hydrogen-bond acceptors (Lipinski definition) is 6. The summed E-state index contributed by atoms with van der Waals surface area (Å²) in [4.78, 5) is 29.1. The van der Waals surface area contributed by atoms with Crippen LogP contribution in [0.5, 0.6) is 0 Å². The van der Waals surface area contributed by atoms with Gasteiger partial charge >= 0.3 is 5.97 Å². The molecule has 0 bridgehead atoms. The summed E-state index contributed by atoms with van der Waals surface area (Å²) in [5.41, 5.74) is -0.450. The summed E-state index contributed by atoms with van der Waals surface area (Å²) in [6.45, 7) is 0. The van der Waals surface area contributed by atoms with Gasteiger partial charge in [0.25, 0.3) is 0 Å². The number of anilines is 1. The molecular weight excluding hydrogens is 250 g/mol. The minimum atomic E-state index is -3.48. The second-order valence-corrected chi connectivity index (χ2v) is 5.32. The Morgan fingerprint density at radius 3 is 2.47 bits per heavy atom. The van der Waals surface area contributed by atoms with Crippen molar-refractivity contribution in [1.29, 1.82) is 0 Å². The molecule has 1 heterocycles. The number of aromatic nitrogens is 2. The van der Waals surface area contributed by atoms with Crippen molar-refractivity contribution < 1.29 is 23.1 Å². The van der Waals surface area contributed by atoms with Gasteiger partial charge in [-0.15, -0.1) is 0 Å². The number of hydrogen-bond donors (Lipinski definition) is 2. The maximum Gasteiger partial charge on any atom is 0.358 e. The zero-order chi connectivity index (χ0) is 13.1. The molecule has 1 amide bonds. The van der Waals surface area contributed by atoms with Crippen molar-refractivity contribution in [2.24, 2.45) is 0 Å². The van der Waals surface area contributed by atoms with Crippen LogP contribution in [0.3, 0.4) is 0 Å². The Balaban J connectivity index is 2.89.